The van der Waals surface area contributed by atoms with Gasteiger partial charge in [-0.3, -0.25) is 0 Å². The van der Waals surface area contributed by atoms with Crippen molar-refractivity contribution in [1.82, 2.24) is 5.32 Å². The van der Waals surface area contributed by atoms with Gasteiger partial charge < -0.3 is 10.1 Å². The van der Waals surface area contributed by atoms with Crippen molar-refractivity contribution in [2.45, 2.75) is 38.5 Å². The van der Waals surface area contributed by atoms with Crippen molar-refractivity contribution in [2.24, 2.45) is 0 Å². The third-order valence-corrected chi connectivity index (χ3v) is 3.54. The first-order valence-corrected chi connectivity index (χ1v) is 6.69. The first-order chi connectivity index (χ1) is 8.06. The standard InChI is InChI=1S/C13H17BrFNO/c1-8-5-9(2)17-13(7-16-8)11-4-3-10(14)6-12(11)15/h3-4,6,8-9,13,16H,5,7H2,1-2H3. The molecule has 3 unspecified atom stereocenters. The summed E-state index contributed by atoms with van der Waals surface area (Å²) in [4.78, 5) is 0. The smallest absolute Gasteiger partial charge is 0.130 e. The number of rotatable bonds is 1. The normalized spacial score (nSPS) is 30.0. The monoisotopic (exact) mass is 301 g/mol. The van der Waals surface area contributed by atoms with Gasteiger partial charge in [0.05, 0.1) is 12.2 Å². The summed E-state index contributed by atoms with van der Waals surface area (Å²) in [5, 5.41) is 3.36. The molecule has 1 heterocycles. The molecule has 0 aliphatic carbocycles. The predicted molar refractivity (Wildman–Crippen MR) is 69.5 cm³/mol. The fraction of sp³-hybridized carbons (Fsp3) is 0.538. The van der Waals surface area contributed by atoms with Crippen molar-refractivity contribution in [3.63, 3.8) is 0 Å². The second kappa shape index (κ2) is 5.46. The largest absolute Gasteiger partial charge is 0.369 e. The second-order valence-electron chi connectivity index (χ2n) is 4.65. The molecule has 1 N–H and O–H groups in total. The van der Waals surface area contributed by atoms with Crippen LogP contribution in [0.2, 0.25) is 0 Å². The molecular formula is C13H17BrFNO. The minimum absolute atomic E-state index is 0.146. The maximum absolute atomic E-state index is 13.9. The molecule has 1 aromatic rings. The lowest BCUT2D eigenvalue weighted by Crippen LogP contribution is -2.28. The molecule has 94 valence electrons. The zero-order valence-electron chi connectivity index (χ0n) is 10.0. The Kier molecular flexibility index (Phi) is 4.17. The quantitative estimate of drug-likeness (QED) is 0.858. The zero-order valence-corrected chi connectivity index (χ0v) is 11.6. The Balaban J connectivity index is 2.20. The molecule has 2 nitrogen and oxygen atoms in total. The summed E-state index contributed by atoms with van der Waals surface area (Å²) in [5.41, 5.74) is 0.627. The van der Waals surface area contributed by atoms with Crippen molar-refractivity contribution < 1.29 is 9.13 Å². The van der Waals surface area contributed by atoms with Gasteiger partial charge in [-0.2, -0.15) is 0 Å². The van der Waals surface area contributed by atoms with Gasteiger partial charge in [0.15, 0.2) is 0 Å². The van der Waals surface area contributed by atoms with Crippen LogP contribution in [0.4, 0.5) is 4.39 Å². The van der Waals surface area contributed by atoms with E-state index in [2.05, 4.69) is 28.2 Å². The van der Waals surface area contributed by atoms with Crippen LogP contribution in [-0.4, -0.2) is 18.7 Å². The molecular weight excluding hydrogens is 285 g/mol. The second-order valence-corrected chi connectivity index (χ2v) is 5.56. The van der Waals surface area contributed by atoms with Crippen LogP contribution in [-0.2, 0) is 4.74 Å². The van der Waals surface area contributed by atoms with E-state index in [1.165, 1.54) is 6.07 Å². The molecule has 0 radical (unpaired) electrons. The highest BCUT2D eigenvalue weighted by Gasteiger charge is 2.24. The van der Waals surface area contributed by atoms with Gasteiger partial charge in [0.1, 0.15) is 5.82 Å². The Labute approximate surface area is 110 Å². The molecule has 1 aliphatic rings. The SMILES string of the molecule is CC1CC(C)OC(c2ccc(Br)cc2F)CN1. The van der Waals surface area contributed by atoms with Gasteiger partial charge in [0, 0.05) is 22.6 Å². The summed E-state index contributed by atoms with van der Waals surface area (Å²) in [6.07, 6.45) is 0.894. The van der Waals surface area contributed by atoms with Crippen molar-refractivity contribution in [3.8, 4) is 0 Å². The molecule has 0 saturated carbocycles. The Hall–Kier alpha value is -0.450. The lowest BCUT2D eigenvalue weighted by Gasteiger charge is -2.19. The van der Waals surface area contributed by atoms with Crippen LogP contribution in [0.1, 0.15) is 31.9 Å². The summed E-state index contributed by atoms with van der Waals surface area (Å²) < 4.78 is 20.5. The molecule has 1 saturated heterocycles. The number of hydrogen-bond acceptors (Lipinski definition) is 2. The molecule has 2 rings (SSSR count). The maximum atomic E-state index is 13.9. The van der Waals surface area contributed by atoms with Crippen LogP contribution < -0.4 is 5.32 Å². The molecule has 1 aliphatic heterocycles. The van der Waals surface area contributed by atoms with Crippen molar-refractivity contribution >= 4 is 15.9 Å². The Bertz CT molecular complexity index is 399. The van der Waals surface area contributed by atoms with Gasteiger partial charge in [-0.1, -0.05) is 22.0 Å². The minimum Gasteiger partial charge on any atom is -0.369 e. The fourth-order valence-corrected chi connectivity index (χ4v) is 2.55. The summed E-state index contributed by atoms with van der Waals surface area (Å²) in [7, 11) is 0. The van der Waals surface area contributed by atoms with E-state index in [0.29, 0.717) is 18.2 Å². The fourth-order valence-electron chi connectivity index (χ4n) is 2.22. The van der Waals surface area contributed by atoms with E-state index in [1.807, 2.05) is 13.0 Å². The highest BCUT2D eigenvalue weighted by atomic mass is 79.9. The van der Waals surface area contributed by atoms with E-state index in [1.54, 1.807) is 6.07 Å². The molecule has 4 heteroatoms. The molecule has 0 bridgehead atoms. The Morgan fingerprint density at radius 1 is 1.41 bits per heavy atom. The van der Waals surface area contributed by atoms with Crippen molar-refractivity contribution in [1.29, 1.82) is 0 Å². The van der Waals surface area contributed by atoms with E-state index >= 15 is 0 Å². The topological polar surface area (TPSA) is 21.3 Å². The number of nitrogens with one attached hydrogen (secondary N) is 1. The molecule has 1 aromatic carbocycles. The number of hydrogen-bond donors (Lipinski definition) is 1. The van der Waals surface area contributed by atoms with Crippen LogP contribution in [0.25, 0.3) is 0 Å². The van der Waals surface area contributed by atoms with Gasteiger partial charge in [-0.25, -0.2) is 4.39 Å². The van der Waals surface area contributed by atoms with Crippen LogP contribution >= 0.6 is 15.9 Å². The average molecular weight is 302 g/mol. The van der Waals surface area contributed by atoms with Gasteiger partial charge >= 0.3 is 0 Å². The third kappa shape index (κ3) is 3.27. The number of ether oxygens (including phenoxy) is 1. The van der Waals surface area contributed by atoms with Crippen LogP contribution in [0.3, 0.4) is 0 Å². The van der Waals surface area contributed by atoms with Crippen LogP contribution in [0, 0.1) is 5.82 Å². The molecule has 0 amide bonds. The van der Waals surface area contributed by atoms with Gasteiger partial charge in [0.25, 0.3) is 0 Å². The van der Waals surface area contributed by atoms with E-state index in [9.17, 15) is 4.39 Å². The van der Waals surface area contributed by atoms with Crippen molar-refractivity contribution in [3.05, 3.63) is 34.1 Å². The molecule has 1 fully saturated rings. The summed E-state index contributed by atoms with van der Waals surface area (Å²) in [6.45, 7) is 4.82. The van der Waals surface area contributed by atoms with E-state index in [0.717, 1.165) is 10.9 Å². The van der Waals surface area contributed by atoms with Gasteiger partial charge in [-0.05, 0) is 32.4 Å². The zero-order chi connectivity index (χ0) is 12.4. The number of benzene rings is 1. The Morgan fingerprint density at radius 2 is 2.18 bits per heavy atom. The number of halogens is 2. The molecule has 3 atom stereocenters. The van der Waals surface area contributed by atoms with Crippen LogP contribution in [0.15, 0.2) is 22.7 Å². The lowest BCUT2D eigenvalue weighted by molar-refractivity contribution is 0.00539. The first-order valence-electron chi connectivity index (χ1n) is 5.90. The third-order valence-electron chi connectivity index (χ3n) is 3.04. The summed E-state index contributed by atoms with van der Waals surface area (Å²) in [5.74, 6) is -0.215. The van der Waals surface area contributed by atoms with Gasteiger partial charge in [0.2, 0.25) is 0 Å². The van der Waals surface area contributed by atoms with E-state index < -0.39 is 0 Å². The van der Waals surface area contributed by atoms with Crippen LogP contribution in [0.5, 0.6) is 0 Å². The average Bonchev–Trinajstić information content (AvgIpc) is 2.39. The lowest BCUT2D eigenvalue weighted by atomic mass is 10.1. The first kappa shape index (κ1) is 13.0. The minimum atomic E-state index is -0.215. The summed E-state index contributed by atoms with van der Waals surface area (Å²) >= 11 is 3.26. The highest BCUT2D eigenvalue weighted by molar-refractivity contribution is 9.10. The molecule has 17 heavy (non-hydrogen) atoms. The molecule has 0 aromatic heterocycles. The predicted octanol–water partition coefficient (Wildman–Crippen LogP) is 3.42. The van der Waals surface area contributed by atoms with Gasteiger partial charge in [-0.15, -0.1) is 0 Å². The van der Waals surface area contributed by atoms with E-state index in [-0.39, 0.29) is 18.0 Å². The maximum Gasteiger partial charge on any atom is 0.130 e. The Morgan fingerprint density at radius 3 is 2.88 bits per heavy atom. The van der Waals surface area contributed by atoms with E-state index in [4.69, 9.17) is 4.74 Å². The highest BCUT2D eigenvalue weighted by Crippen LogP contribution is 2.27. The molecule has 0 spiro atoms. The summed E-state index contributed by atoms with van der Waals surface area (Å²) in [6, 6.07) is 5.53. The van der Waals surface area contributed by atoms with Crippen molar-refractivity contribution in [2.75, 3.05) is 6.54 Å².